The van der Waals surface area contributed by atoms with Gasteiger partial charge in [0.1, 0.15) is 0 Å². The fraction of sp³-hybridized carbons (Fsp3) is 0.261. The van der Waals surface area contributed by atoms with Gasteiger partial charge >= 0.3 is 12.1 Å². The molecule has 0 spiro atoms. The normalized spacial score (nSPS) is 11.2. The van der Waals surface area contributed by atoms with E-state index in [1.807, 2.05) is 12.1 Å². The predicted molar refractivity (Wildman–Crippen MR) is 114 cm³/mol. The molecule has 0 saturated heterocycles. The van der Waals surface area contributed by atoms with Gasteiger partial charge < -0.3 is 15.4 Å². The van der Waals surface area contributed by atoms with Crippen LogP contribution in [0.15, 0.2) is 60.8 Å². The number of unbranched alkanes of at least 4 members (excludes halogenated alkanes) is 1. The highest BCUT2D eigenvalue weighted by molar-refractivity contribution is 5.99. The molecule has 0 radical (unpaired) electrons. The Morgan fingerprint density at radius 3 is 2.38 bits per heavy atom. The van der Waals surface area contributed by atoms with E-state index in [0.717, 1.165) is 31.0 Å². The summed E-state index contributed by atoms with van der Waals surface area (Å²) in [5.41, 5.74) is 1.83. The maximum atomic E-state index is 12.3. The van der Waals surface area contributed by atoms with Crippen LogP contribution >= 0.6 is 0 Å². The van der Waals surface area contributed by atoms with Gasteiger partial charge in [-0.1, -0.05) is 37.6 Å². The van der Waals surface area contributed by atoms with Gasteiger partial charge in [-0.05, 0) is 42.7 Å². The van der Waals surface area contributed by atoms with Crippen LogP contribution in [0.3, 0.4) is 0 Å². The van der Waals surface area contributed by atoms with E-state index in [4.69, 9.17) is 4.74 Å². The number of esters is 1. The van der Waals surface area contributed by atoms with E-state index in [1.165, 1.54) is 24.3 Å². The van der Waals surface area contributed by atoms with Gasteiger partial charge in [0.2, 0.25) is 0 Å². The van der Waals surface area contributed by atoms with E-state index >= 15 is 0 Å². The average Bonchev–Trinajstić information content (AvgIpc) is 2.76. The summed E-state index contributed by atoms with van der Waals surface area (Å²) in [7, 11) is 0. The number of para-hydroxylation sites is 1. The number of carbonyl (C=O) groups excluding carboxylic acids is 3. The second-order valence-electron chi connectivity index (χ2n) is 6.81. The number of ketones is 1. The number of rotatable bonds is 10. The zero-order valence-electron chi connectivity index (χ0n) is 17.4. The molecule has 170 valence electrons. The molecule has 2 aromatic rings. The van der Waals surface area contributed by atoms with Crippen molar-refractivity contribution in [3.63, 3.8) is 0 Å². The number of halogens is 3. The molecule has 0 aliphatic heterocycles. The highest BCUT2D eigenvalue weighted by Gasteiger charge is 2.36. The molecule has 0 bridgehead atoms. The van der Waals surface area contributed by atoms with E-state index in [9.17, 15) is 27.6 Å². The number of benzene rings is 2. The first-order chi connectivity index (χ1) is 15.2. The first-order valence-corrected chi connectivity index (χ1v) is 9.90. The lowest BCUT2D eigenvalue weighted by atomic mass is 10.1. The van der Waals surface area contributed by atoms with Gasteiger partial charge in [-0.15, -0.1) is 0 Å². The van der Waals surface area contributed by atoms with Crippen molar-refractivity contribution in [2.75, 3.05) is 17.2 Å². The summed E-state index contributed by atoms with van der Waals surface area (Å²) in [6.45, 7) is 1.56. The Kier molecular flexibility index (Phi) is 9.00. The van der Waals surface area contributed by atoms with Crippen LogP contribution in [-0.4, -0.2) is 30.4 Å². The molecule has 0 unspecified atom stereocenters. The molecular formula is C23H23F3N2O4. The molecule has 0 atom stereocenters. The van der Waals surface area contributed by atoms with Crippen molar-refractivity contribution in [2.45, 2.75) is 32.4 Å². The van der Waals surface area contributed by atoms with Crippen molar-refractivity contribution in [1.29, 1.82) is 0 Å². The maximum absolute atomic E-state index is 12.3. The van der Waals surface area contributed by atoms with Crippen molar-refractivity contribution in [2.24, 2.45) is 0 Å². The topological polar surface area (TPSA) is 84.5 Å². The van der Waals surface area contributed by atoms with Gasteiger partial charge in [0.15, 0.2) is 6.61 Å². The smallest absolute Gasteiger partial charge is 0.452 e. The molecule has 0 aromatic heterocycles. The lowest BCUT2D eigenvalue weighted by Crippen LogP contribution is -2.21. The van der Waals surface area contributed by atoms with Gasteiger partial charge in [-0.25, -0.2) is 4.79 Å². The molecule has 0 aliphatic rings. The average molecular weight is 448 g/mol. The van der Waals surface area contributed by atoms with Crippen LogP contribution < -0.4 is 10.6 Å². The van der Waals surface area contributed by atoms with E-state index in [1.54, 1.807) is 12.1 Å². The highest BCUT2D eigenvalue weighted by atomic mass is 19.4. The lowest BCUT2D eigenvalue weighted by Gasteiger charge is -2.10. The third-order valence-electron chi connectivity index (χ3n) is 4.29. The van der Waals surface area contributed by atoms with E-state index in [-0.39, 0.29) is 11.3 Å². The number of ether oxygens (including phenoxy) is 1. The first kappa shape index (κ1) is 24.6. The van der Waals surface area contributed by atoms with Gasteiger partial charge in [-0.3, -0.25) is 9.59 Å². The van der Waals surface area contributed by atoms with Crippen LogP contribution in [0.4, 0.5) is 24.5 Å². The molecule has 9 heteroatoms. The lowest BCUT2D eigenvalue weighted by molar-refractivity contribution is -0.165. The van der Waals surface area contributed by atoms with Gasteiger partial charge in [0, 0.05) is 18.0 Å². The third kappa shape index (κ3) is 7.90. The molecule has 6 nitrogen and oxygen atoms in total. The number of aryl methyl sites for hydroxylation is 1. The highest BCUT2D eigenvalue weighted by Crippen LogP contribution is 2.19. The van der Waals surface area contributed by atoms with E-state index < -0.39 is 30.4 Å². The maximum Gasteiger partial charge on any atom is 0.454 e. The van der Waals surface area contributed by atoms with Crippen molar-refractivity contribution >= 4 is 29.0 Å². The summed E-state index contributed by atoms with van der Waals surface area (Å²) in [6.07, 6.45) is -0.784. The van der Waals surface area contributed by atoms with Crippen LogP contribution in [0.1, 0.15) is 35.7 Å². The molecule has 0 saturated carbocycles. The standard InChI is InChI=1S/C23H23F3N2O4/c1-2-3-6-16-9-11-17(12-10-16)28-21(30)15-32-22(31)18-7-4-5-8-19(18)27-14-13-20(29)23(24,25)26/h4-5,7-14,27H,2-3,6,15H2,1H3,(H,28,30). The third-order valence-corrected chi connectivity index (χ3v) is 4.29. The Morgan fingerprint density at radius 2 is 1.72 bits per heavy atom. The largest absolute Gasteiger partial charge is 0.454 e. The van der Waals surface area contributed by atoms with Crippen molar-refractivity contribution in [3.05, 3.63) is 71.9 Å². The fourth-order valence-electron chi connectivity index (χ4n) is 2.63. The van der Waals surface area contributed by atoms with E-state index in [0.29, 0.717) is 11.8 Å². The Morgan fingerprint density at radius 1 is 1.03 bits per heavy atom. The molecular weight excluding hydrogens is 425 g/mol. The summed E-state index contributed by atoms with van der Waals surface area (Å²) in [6, 6.07) is 13.2. The number of allylic oxidation sites excluding steroid dienone is 1. The zero-order chi connectivity index (χ0) is 23.6. The number of amides is 1. The zero-order valence-corrected chi connectivity index (χ0v) is 17.4. The first-order valence-electron chi connectivity index (χ1n) is 9.90. The Bertz CT molecular complexity index is 970. The Labute approximate surface area is 183 Å². The quantitative estimate of drug-likeness (QED) is 0.400. The number of hydrogen-bond acceptors (Lipinski definition) is 5. The van der Waals surface area contributed by atoms with Crippen LogP contribution in [0, 0.1) is 0 Å². The van der Waals surface area contributed by atoms with Gasteiger partial charge in [0.25, 0.3) is 11.7 Å². The SMILES string of the molecule is CCCCc1ccc(NC(=O)COC(=O)c2ccccc2NC=CC(=O)C(F)(F)F)cc1. The van der Waals surface area contributed by atoms with Crippen LogP contribution in [-0.2, 0) is 20.7 Å². The summed E-state index contributed by atoms with van der Waals surface area (Å²) < 4.78 is 41.7. The number of anilines is 2. The molecule has 1 amide bonds. The fourth-order valence-corrected chi connectivity index (χ4v) is 2.63. The molecule has 2 aromatic carbocycles. The second kappa shape index (κ2) is 11.7. The Balaban J connectivity index is 1.90. The molecule has 0 aliphatic carbocycles. The van der Waals surface area contributed by atoms with Crippen molar-refractivity contribution in [1.82, 2.24) is 0 Å². The van der Waals surface area contributed by atoms with Crippen molar-refractivity contribution in [3.8, 4) is 0 Å². The summed E-state index contributed by atoms with van der Waals surface area (Å²) >= 11 is 0. The number of alkyl halides is 3. The molecule has 32 heavy (non-hydrogen) atoms. The number of hydrogen-bond donors (Lipinski definition) is 2. The minimum atomic E-state index is -4.99. The van der Waals surface area contributed by atoms with Crippen LogP contribution in [0.25, 0.3) is 0 Å². The predicted octanol–water partition coefficient (Wildman–Crippen LogP) is 4.88. The van der Waals surface area contributed by atoms with Gasteiger partial charge in [-0.2, -0.15) is 13.2 Å². The monoisotopic (exact) mass is 448 g/mol. The summed E-state index contributed by atoms with van der Waals surface area (Å²) in [4.78, 5) is 35.3. The van der Waals surface area contributed by atoms with Crippen LogP contribution in [0.2, 0.25) is 0 Å². The van der Waals surface area contributed by atoms with Gasteiger partial charge in [0.05, 0.1) is 11.3 Å². The summed E-state index contributed by atoms with van der Waals surface area (Å²) in [5.74, 6) is -3.44. The molecule has 2 N–H and O–H groups in total. The minimum absolute atomic E-state index is 0.00955. The Hall–Kier alpha value is -3.62. The second-order valence-corrected chi connectivity index (χ2v) is 6.81. The van der Waals surface area contributed by atoms with Crippen molar-refractivity contribution < 1.29 is 32.3 Å². The van der Waals surface area contributed by atoms with Crippen LogP contribution in [0.5, 0.6) is 0 Å². The minimum Gasteiger partial charge on any atom is -0.452 e. The summed E-state index contributed by atoms with van der Waals surface area (Å²) in [5, 5.41) is 5.06. The molecule has 0 fully saturated rings. The number of nitrogens with one attached hydrogen (secondary N) is 2. The molecule has 2 rings (SSSR count). The number of carbonyl (C=O) groups is 3. The van der Waals surface area contributed by atoms with E-state index in [2.05, 4.69) is 17.6 Å². The molecule has 0 heterocycles.